The van der Waals surface area contributed by atoms with E-state index in [9.17, 15) is 4.79 Å². The average Bonchev–Trinajstić information content (AvgIpc) is 2.65. The molecule has 0 aliphatic heterocycles. The summed E-state index contributed by atoms with van der Waals surface area (Å²) < 4.78 is 5.05. The molecule has 0 saturated carbocycles. The zero-order chi connectivity index (χ0) is 12.7. The van der Waals surface area contributed by atoms with Crippen LogP contribution in [0.2, 0.25) is 0 Å². The number of halogens is 1. The quantitative estimate of drug-likeness (QED) is 0.780. The highest BCUT2D eigenvalue weighted by Crippen LogP contribution is 2.04. The number of hydrogen-bond acceptors (Lipinski definition) is 5. The fraction of sp³-hybridized carbons (Fsp3) is 0.727. The monoisotopic (exact) mass is 277 g/mol. The van der Waals surface area contributed by atoms with E-state index in [2.05, 4.69) is 10.1 Å². The van der Waals surface area contributed by atoms with Crippen molar-refractivity contribution in [2.45, 2.75) is 39.7 Å². The Bertz CT molecular complexity index is 357. The summed E-state index contributed by atoms with van der Waals surface area (Å²) in [5.41, 5.74) is 0. The average molecular weight is 278 g/mol. The van der Waals surface area contributed by atoms with E-state index in [1.807, 2.05) is 13.8 Å². The van der Waals surface area contributed by atoms with Gasteiger partial charge in [0.2, 0.25) is 5.89 Å². The number of rotatable bonds is 8. The molecular weight excluding hydrogens is 258 g/mol. The number of carbonyl (C=O) groups is 1. The summed E-state index contributed by atoms with van der Waals surface area (Å²) in [5.74, 6) is 0.341. The van der Waals surface area contributed by atoms with Crippen molar-refractivity contribution in [1.29, 1.82) is 0 Å². The molecule has 1 aromatic heterocycles. The smallest absolute Gasteiger partial charge is 0.317 e. The Morgan fingerprint density at radius 2 is 2.11 bits per heavy atom. The Labute approximate surface area is 113 Å². The molecule has 0 spiro atoms. The van der Waals surface area contributed by atoms with Gasteiger partial charge in [0.25, 0.3) is 0 Å². The van der Waals surface area contributed by atoms with Crippen LogP contribution in [0, 0.1) is 0 Å². The van der Waals surface area contributed by atoms with Gasteiger partial charge in [-0.1, -0.05) is 19.0 Å². The van der Waals surface area contributed by atoms with Crippen LogP contribution in [0.5, 0.6) is 0 Å². The van der Waals surface area contributed by atoms with E-state index in [0.29, 0.717) is 24.8 Å². The number of aliphatic carboxylic acids is 1. The second-order valence-corrected chi connectivity index (χ2v) is 3.96. The van der Waals surface area contributed by atoms with Gasteiger partial charge in [0.05, 0.1) is 13.1 Å². The van der Waals surface area contributed by atoms with Crippen LogP contribution in [-0.2, 0) is 17.8 Å². The lowest BCUT2D eigenvalue weighted by atomic mass is 10.3. The van der Waals surface area contributed by atoms with Crippen LogP contribution < -0.4 is 0 Å². The van der Waals surface area contributed by atoms with Crippen molar-refractivity contribution in [3.63, 3.8) is 0 Å². The van der Waals surface area contributed by atoms with Gasteiger partial charge in [0.1, 0.15) is 0 Å². The largest absolute Gasteiger partial charge is 0.480 e. The lowest BCUT2D eigenvalue weighted by molar-refractivity contribution is -0.138. The molecule has 0 unspecified atom stereocenters. The van der Waals surface area contributed by atoms with Crippen molar-refractivity contribution in [3.8, 4) is 0 Å². The predicted octanol–water partition coefficient (Wildman–Crippen LogP) is 1.74. The SMILES string of the molecule is CCCc1nc(CN(CCC)CC(=O)O)no1.Cl. The van der Waals surface area contributed by atoms with Gasteiger partial charge >= 0.3 is 5.97 Å². The summed E-state index contributed by atoms with van der Waals surface area (Å²) in [6.45, 7) is 5.19. The third kappa shape index (κ3) is 5.97. The van der Waals surface area contributed by atoms with Crippen LogP contribution in [0.3, 0.4) is 0 Å². The first-order valence-electron chi connectivity index (χ1n) is 5.91. The summed E-state index contributed by atoms with van der Waals surface area (Å²) in [6.07, 6.45) is 2.61. The molecule has 0 bridgehead atoms. The lowest BCUT2D eigenvalue weighted by Gasteiger charge is -2.16. The van der Waals surface area contributed by atoms with Crippen molar-refractivity contribution in [3.05, 3.63) is 11.7 Å². The van der Waals surface area contributed by atoms with Gasteiger partial charge in [0.15, 0.2) is 5.82 Å². The standard InChI is InChI=1S/C11H19N3O3.ClH/c1-3-5-10-12-9(13-17-10)7-14(6-4-2)8-11(15)16;/h3-8H2,1-2H3,(H,15,16);1H. The van der Waals surface area contributed by atoms with Crippen molar-refractivity contribution >= 4 is 18.4 Å². The molecule has 0 aliphatic rings. The van der Waals surface area contributed by atoms with E-state index >= 15 is 0 Å². The van der Waals surface area contributed by atoms with Gasteiger partial charge in [-0.15, -0.1) is 12.4 Å². The number of aromatic nitrogens is 2. The molecule has 0 atom stereocenters. The second kappa shape index (κ2) is 8.88. The minimum atomic E-state index is -0.837. The van der Waals surface area contributed by atoms with E-state index in [4.69, 9.17) is 9.63 Å². The summed E-state index contributed by atoms with van der Waals surface area (Å²) in [7, 11) is 0. The van der Waals surface area contributed by atoms with Crippen molar-refractivity contribution < 1.29 is 14.4 Å². The Balaban J connectivity index is 0.00000289. The zero-order valence-corrected chi connectivity index (χ0v) is 11.6. The molecule has 104 valence electrons. The lowest BCUT2D eigenvalue weighted by Crippen LogP contribution is -2.30. The number of carboxylic acids is 1. The number of hydrogen-bond donors (Lipinski definition) is 1. The highest BCUT2D eigenvalue weighted by molar-refractivity contribution is 5.85. The molecule has 0 saturated heterocycles. The van der Waals surface area contributed by atoms with Crippen LogP contribution in [-0.4, -0.2) is 39.2 Å². The summed E-state index contributed by atoms with van der Waals surface area (Å²) in [5, 5.41) is 12.6. The predicted molar refractivity (Wildman–Crippen MR) is 68.7 cm³/mol. The second-order valence-electron chi connectivity index (χ2n) is 3.96. The van der Waals surface area contributed by atoms with E-state index < -0.39 is 5.97 Å². The molecule has 1 aromatic rings. The molecule has 0 radical (unpaired) electrons. The zero-order valence-electron chi connectivity index (χ0n) is 10.8. The molecule has 1 heterocycles. The molecule has 0 fully saturated rings. The van der Waals surface area contributed by atoms with Gasteiger partial charge in [-0.05, 0) is 19.4 Å². The number of nitrogens with zero attached hydrogens (tertiary/aromatic N) is 3. The highest BCUT2D eigenvalue weighted by Gasteiger charge is 2.13. The van der Waals surface area contributed by atoms with E-state index in [1.54, 1.807) is 4.90 Å². The molecule has 0 aliphatic carbocycles. The van der Waals surface area contributed by atoms with Crippen molar-refractivity contribution in [2.24, 2.45) is 0 Å². The third-order valence-corrected chi connectivity index (χ3v) is 2.24. The molecule has 1 N–H and O–H groups in total. The van der Waals surface area contributed by atoms with E-state index in [0.717, 1.165) is 19.3 Å². The van der Waals surface area contributed by atoms with Crippen molar-refractivity contribution in [2.75, 3.05) is 13.1 Å². The van der Waals surface area contributed by atoms with Gasteiger partial charge < -0.3 is 9.63 Å². The minimum Gasteiger partial charge on any atom is -0.480 e. The summed E-state index contributed by atoms with van der Waals surface area (Å²) in [4.78, 5) is 16.7. The summed E-state index contributed by atoms with van der Waals surface area (Å²) in [6, 6.07) is 0. The molecule has 18 heavy (non-hydrogen) atoms. The highest BCUT2D eigenvalue weighted by atomic mass is 35.5. The van der Waals surface area contributed by atoms with Crippen LogP contribution in [0.25, 0.3) is 0 Å². The van der Waals surface area contributed by atoms with Gasteiger partial charge in [0, 0.05) is 6.42 Å². The van der Waals surface area contributed by atoms with Crippen LogP contribution in [0.15, 0.2) is 4.52 Å². The maximum atomic E-state index is 10.7. The molecule has 7 heteroatoms. The molecule has 1 rings (SSSR count). The first-order valence-corrected chi connectivity index (χ1v) is 5.91. The van der Waals surface area contributed by atoms with Gasteiger partial charge in [-0.25, -0.2) is 0 Å². The molecule has 0 aromatic carbocycles. The van der Waals surface area contributed by atoms with Crippen molar-refractivity contribution in [1.82, 2.24) is 15.0 Å². The van der Waals surface area contributed by atoms with E-state index in [1.165, 1.54) is 0 Å². The van der Waals surface area contributed by atoms with Gasteiger partial charge in [-0.3, -0.25) is 9.69 Å². The van der Waals surface area contributed by atoms with Crippen LogP contribution in [0.4, 0.5) is 0 Å². The Hall–Kier alpha value is -1.14. The fourth-order valence-corrected chi connectivity index (χ4v) is 1.59. The Morgan fingerprint density at radius 3 is 2.67 bits per heavy atom. The number of aryl methyl sites for hydroxylation is 1. The fourth-order valence-electron chi connectivity index (χ4n) is 1.59. The van der Waals surface area contributed by atoms with Crippen LogP contribution in [0.1, 0.15) is 38.4 Å². The van der Waals surface area contributed by atoms with E-state index in [-0.39, 0.29) is 19.0 Å². The normalized spacial score (nSPS) is 10.4. The molecule has 0 amide bonds. The maximum Gasteiger partial charge on any atom is 0.317 e. The minimum absolute atomic E-state index is 0. The van der Waals surface area contributed by atoms with Crippen LogP contribution >= 0.6 is 12.4 Å². The Kier molecular flexibility index (Phi) is 8.32. The Morgan fingerprint density at radius 1 is 1.39 bits per heavy atom. The topological polar surface area (TPSA) is 79.5 Å². The molecular formula is C11H20ClN3O3. The summed E-state index contributed by atoms with van der Waals surface area (Å²) >= 11 is 0. The molecule has 6 nitrogen and oxygen atoms in total. The van der Waals surface area contributed by atoms with Gasteiger partial charge in [-0.2, -0.15) is 4.98 Å². The maximum absolute atomic E-state index is 10.7. The first-order chi connectivity index (χ1) is 8.15. The number of carboxylic acid groups (broad SMARTS) is 1. The first kappa shape index (κ1) is 16.9. The third-order valence-electron chi connectivity index (χ3n) is 2.24.